The van der Waals surface area contributed by atoms with E-state index >= 15 is 0 Å². The van der Waals surface area contributed by atoms with Gasteiger partial charge >= 0.3 is 6.09 Å². The Morgan fingerprint density at radius 1 is 1.35 bits per heavy atom. The molecule has 0 unspecified atom stereocenters. The molecule has 2 aromatic rings. The topological polar surface area (TPSA) is 43.6 Å². The van der Waals surface area contributed by atoms with E-state index in [0.717, 1.165) is 33.4 Å². The van der Waals surface area contributed by atoms with Crippen LogP contribution in [0.1, 0.15) is 37.6 Å². The summed E-state index contributed by atoms with van der Waals surface area (Å²) in [7, 11) is 1.73. The summed E-state index contributed by atoms with van der Waals surface area (Å²) < 4.78 is 7.27. The summed E-state index contributed by atoms with van der Waals surface area (Å²) in [6.45, 7) is 7.79. The minimum Gasteiger partial charge on any atom is -0.438 e. The monoisotopic (exact) mass is 270 g/mol. The van der Waals surface area contributed by atoms with Gasteiger partial charge in [-0.15, -0.1) is 0 Å². The molecule has 0 spiro atoms. The van der Waals surface area contributed by atoms with Crippen LogP contribution in [0.4, 0.5) is 4.79 Å². The van der Waals surface area contributed by atoms with Crippen molar-refractivity contribution in [2.75, 3.05) is 7.05 Å². The molecule has 0 aliphatic carbocycles. The van der Waals surface area contributed by atoms with E-state index in [2.05, 4.69) is 4.99 Å². The first kappa shape index (κ1) is 12.9. The Morgan fingerprint density at radius 2 is 2.05 bits per heavy atom. The molecule has 0 bridgehead atoms. The van der Waals surface area contributed by atoms with Crippen LogP contribution in [0.15, 0.2) is 23.2 Å². The first-order chi connectivity index (χ1) is 9.38. The lowest BCUT2D eigenvalue weighted by molar-refractivity contribution is 0.0330. The van der Waals surface area contributed by atoms with Crippen LogP contribution in [0.2, 0.25) is 0 Å². The smallest absolute Gasteiger partial charge is 0.419 e. The van der Waals surface area contributed by atoms with Gasteiger partial charge in [-0.3, -0.25) is 4.99 Å². The van der Waals surface area contributed by atoms with Gasteiger partial charge in [0, 0.05) is 18.0 Å². The van der Waals surface area contributed by atoms with Gasteiger partial charge in [0.15, 0.2) is 0 Å². The number of aromatic nitrogens is 1. The fourth-order valence-corrected chi connectivity index (χ4v) is 3.02. The van der Waals surface area contributed by atoms with Gasteiger partial charge in [0.1, 0.15) is 5.60 Å². The lowest BCUT2D eigenvalue weighted by atomic mass is 9.94. The molecule has 3 rings (SSSR count). The van der Waals surface area contributed by atoms with Gasteiger partial charge in [0.25, 0.3) is 0 Å². The molecule has 0 atom stereocenters. The van der Waals surface area contributed by atoms with Crippen LogP contribution >= 0.6 is 0 Å². The standard InChI is InChI=1S/C16H18N2O2/c1-9-11-7-6-8-12-14(11)18(13(9)10(2)17-5)15(19)20-16(12,3)4/h6-8H,1-5H3. The highest BCUT2D eigenvalue weighted by atomic mass is 16.6. The Kier molecular flexibility index (Phi) is 2.55. The summed E-state index contributed by atoms with van der Waals surface area (Å²) in [5.41, 5.74) is 4.12. The molecule has 1 aromatic heterocycles. The Hall–Kier alpha value is -2.10. The molecule has 2 heterocycles. The molecule has 0 radical (unpaired) electrons. The number of carbonyl (C=O) groups is 1. The first-order valence-corrected chi connectivity index (χ1v) is 6.70. The summed E-state index contributed by atoms with van der Waals surface area (Å²) in [4.78, 5) is 16.7. The fraction of sp³-hybridized carbons (Fsp3) is 0.375. The number of para-hydroxylation sites is 1. The predicted octanol–water partition coefficient (Wildman–Crippen LogP) is 3.62. The molecule has 104 valence electrons. The number of cyclic esters (lactones) is 1. The van der Waals surface area contributed by atoms with Crippen LogP contribution in [0.3, 0.4) is 0 Å². The first-order valence-electron chi connectivity index (χ1n) is 6.70. The summed E-state index contributed by atoms with van der Waals surface area (Å²) in [6.07, 6.45) is -0.329. The molecule has 4 heteroatoms. The number of aryl methyl sites for hydroxylation is 1. The van der Waals surface area contributed by atoms with Crippen LogP contribution in [-0.2, 0) is 10.3 Å². The number of carbonyl (C=O) groups excluding carboxylic acids is 1. The summed E-state index contributed by atoms with van der Waals surface area (Å²) >= 11 is 0. The van der Waals surface area contributed by atoms with Crippen molar-refractivity contribution in [2.24, 2.45) is 4.99 Å². The summed E-state index contributed by atoms with van der Waals surface area (Å²) in [6, 6.07) is 6.08. The van der Waals surface area contributed by atoms with E-state index in [0.29, 0.717) is 0 Å². The number of nitrogens with zero attached hydrogens (tertiary/aromatic N) is 2. The van der Waals surface area contributed by atoms with Crippen LogP contribution in [-0.4, -0.2) is 23.4 Å². The maximum absolute atomic E-state index is 12.4. The Labute approximate surface area is 118 Å². The van der Waals surface area contributed by atoms with Crippen molar-refractivity contribution in [1.82, 2.24) is 4.57 Å². The third-order valence-electron chi connectivity index (χ3n) is 4.09. The van der Waals surface area contributed by atoms with E-state index < -0.39 is 5.60 Å². The van der Waals surface area contributed by atoms with Crippen molar-refractivity contribution >= 4 is 22.7 Å². The van der Waals surface area contributed by atoms with Crippen molar-refractivity contribution in [3.05, 3.63) is 35.0 Å². The lowest BCUT2D eigenvalue weighted by Crippen LogP contribution is -2.34. The molecule has 0 saturated carbocycles. The molecular formula is C16H18N2O2. The van der Waals surface area contributed by atoms with Crippen LogP contribution in [0.5, 0.6) is 0 Å². The van der Waals surface area contributed by atoms with E-state index in [4.69, 9.17) is 4.74 Å². The molecule has 1 aliphatic heterocycles. The van der Waals surface area contributed by atoms with Crippen LogP contribution < -0.4 is 0 Å². The number of hydrogen-bond acceptors (Lipinski definition) is 3. The van der Waals surface area contributed by atoms with Crippen molar-refractivity contribution in [2.45, 2.75) is 33.3 Å². The Balaban J connectivity index is 2.54. The van der Waals surface area contributed by atoms with E-state index in [1.54, 1.807) is 11.6 Å². The summed E-state index contributed by atoms with van der Waals surface area (Å²) in [5, 5.41) is 1.09. The highest BCUT2D eigenvalue weighted by Crippen LogP contribution is 2.39. The number of benzene rings is 1. The number of rotatable bonds is 1. The fourth-order valence-electron chi connectivity index (χ4n) is 3.02. The molecule has 0 amide bonds. The molecule has 1 aromatic carbocycles. The molecule has 0 fully saturated rings. The molecule has 0 N–H and O–H groups in total. The maximum Gasteiger partial charge on any atom is 0.419 e. The third kappa shape index (κ3) is 1.48. The molecule has 4 nitrogen and oxygen atoms in total. The number of ether oxygens (including phenoxy) is 1. The van der Waals surface area contributed by atoms with Gasteiger partial charge in [-0.1, -0.05) is 18.2 Å². The second-order valence-corrected chi connectivity index (χ2v) is 5.70. The minimum atomic E-state index is -0.605. The van der Waals surface area contributed by atoms with Gasteiger partial charge in [-0.2, -0.15) is 0 Å². The molecule has 20 heavy (non-hydrogen) atoms. The van der Waals surface area contributed by atoms with E-state index in [1.165, 1.54) is 0 Å². The van der Waals surface area contributed by atoms with Gasteiger partial charge in [0.05, 0.1) is 16.9 Å². The Bertz CT molecular complexity index is 766. The van der Waals surface area contributed by atoms with Gasteiger partial charge < -0.3 is 4.74 Å². The van der Waals surface area contributed by atoms with Gasteiger partial charge in [-0.25, -0.2) is 9.36 Å². The van der Waals surface area contributed by atoms with E-state index in [9.17, 15) is 4.79 Å². The highest BCUT2D eigenvalue weighted by Gasteiger charge is 2.37. The van der Waals surface area contributed by atoms with Crippen molar-refractivity contribution in [3.63, 3.8) is 0 Å². The van der Waals surface area contributed by atoms with Gasteiger partial charge in [0.2, 0.25) is 0 Å². The number of aliphatic imine (C=N–C) groups is 1. The minimum absolute atomic E-state index is 0.329. The second-order valence-electron chi connectivity index (χ2n) is 5.70. The second kappa shape index (κ2) is 3.95. The SMILES string of the molecule is CN=C(C)c1c(C)c2cccc3c2n1C(=O)OC3(C)C. The zero-order valence-corrected chi connectivity index (χ0v) is 12.4. The van der Waals surface area contributed by atoms with Crippen LogP contribution in [0.25, 0.3) is 10.9 Å². The predicted molar refractivity (Wildman–Crippen MR) is 79.7 cm³/mol. The zero-order chi connectivity index (χ0) is 14.7. The zero-order valence-electron chi connectivity index (χ0n) is 12.4. The maximum atomic E-state index is 12.4. The van der Waals surface area contributed by atoms with E-state index in [-0.39, 0.29) is 6.09 Å². The summed E-state index contributed by atoms with van der Waals surface area (Å²) in [5.74, 6) is 0. The normalized spacial score (nSPS) is 17.4. The van der Waals surface area contributed by atoms with Crippen molar-refractivity contribution in [3.8, 4) is 0 Å². The Morgan fingerprint density at radius 3 is 2.70 bits per heavy atom. The molecular weight excluding hydrogens is 252 g/mol. The number of hydrogen-bond donors (Lipinski definition) is 0. The van der Waals surface area contributed by atoms with E-state index in [1.807, 2.05) is 45.9 Å². The average Bonchev–Trinajstić information content (AvgIpc) is 2.70. The molecule has 1 aliphatic rings. The highest BCUT2D eigenvalue weighted by molar-refractivity contribution is 6.09. The lowest BCUT2D eigenvalue weighted by Gasteiger charge is -2.31. The quantitative estimate of drug-likeness (QED) is 0.743. The molecule has 0 saturated heterocycles. The average molecular weight is 270 g/mol. The largest absolute Gasteiger partial charge is 0.438 e. The van der Waals surface area contributed by atoms with Gasteiger partial charge in [-0.05, 0) is 33.3 Å². The van der Waals surface area contributed by atoms with Crippen molar-refractivity contribution < 1.29 is 9.53 Å². The third-order valence-corrected chi connectivity index (χ3v) is 4.09. The van der Waals surface area contributed by atoms with Crippen molar-refractivity contribution in [1.29, 1.82) is 0 Å². The van der Waals surface area contributed by atoms with Crippen LogP contribution in [0, 0.1) is 6.92 Å².